The Morgan fingerprint density at radius 3 is 2.12 bits per heavy atom. The summed E-state index contributed by atoms with van der Waals surface area (Å²) in [4.78, 5) is 1.99. The van der Waals surface area contributed by atoms with Crippen LogP contribution in [0.25, 0.3) is 0 Å². The van der Waals surface area contributed by atoms with Gasteiger partial charge in [-0.2, -0.15) is 26.3 Å². The van der Waals surface area contributed by atoms with Crippen molar-refractivity contribution in [1.29, 1.82) is 0 Å². The molecule has 49 heavy (non-hydrogen) atoms. The number of nitrogens with zero attached hydrogens (tertiary/aromatic N) is 5. The second kappa shape index (κ2) is 13.8. The third-order valence-electron chi connectivity index (χ3n) is 9.30. The zero-order valence-electron chi connectivity index (χ0n) is 26.4. The first-order valence-electron chi connectivity index (χ1n) is 15.6. The Morgan fingerprint density at radius 2 is 1.49 bits per heavy atom. The Balaban J connectivity index is 1.42. The van der Waals surface area contributed by atoms with E-state index < -0.39 is 53.4 Å². The van der Waals surface area contributed by atoms with Gasteiger partial charge < -0.3 is 14.2 Å². The van der Waals surface area contributed by atoms with Crippen molar-refractivity contribution >= 4 is 0 Å². The molecule has 4 aromatic rings. The molecular formula is C34H34F7N5O3. The van der Waals surface area contributed by atoms with Crippen molar-refractivity contribution in [3.8, 4) is 0 Å². The maximum atomic E-state index is 18.1. The van der Waals surface area contributed by atoms with Gasteiger partial charge in [0.05, 0.1) is 48.6 Å². The van der Waals surface area contributed by atoms with Crippen LogP contribution in [0.15, 0.2) is 78.9 Å². The number of fused-ring (bicyclic) bond motifs is 2. The first kappa shape index (κ1) is 34.9. The molecule has 8 nitrogen and oxygen atoms in total. The van der Waals surface area contributed by atoms with E-state index in [1.807, 2.05) is 47.4 Å². The highest BCUT2D eigenvalue weighted by Gasteiger charge is 2.68. The lowest BCUT2D eigenvalue weighted by atomic mass is 9.78. The van der Waals surface area contributed by atoms with Crippen LogP contribution in [-0.2, 0) is 57.7 Å². The third kappa shape index (κ3) is 6.94. The predicted molar refractivity (Wildman–Crippen MR) is 161 cm³/mol. The molecule has 262 valence electrons. The molecule has 0 saturated carbocycles. The van der Waals surface area contributed by atoms with Crippen LogP contribution in [0, 0.1) is 0 Å². The fourth-order valence-electron chi connectivity index (χ4n) is 7.21. The Kier molecular flexibility index (Phi) is 9.81. The molecule has 0 N–H and O–H groups in total. The molecule has 0 radical (unpaired) electrons. The van der Waals surface area contributed by atoms with Crippen molar-refractivity contribution in [3.63, 3.8) is 0 Å². The SMILES string of the molecule is COCCOCn1nnnc1[C@]1(F)C[C@@]2(c3ccccc3)[C@H](OCc3cc(C(F)(F)F)cc(C(F)(F)F)c3)CC[C@@H]1N2Cc1ccccc1. The van der Waals surface area contributed by atoms with Crippen LogP contribution in [0.3, 0.4) is 0 Å². The normalized spacial score (nSPS) is 24.4. The summed E-state index contributed by atoms with van der Waals surface area (Å²) in [7, 11) is 1.52. The second-order valence-electron chi connectivity index (χ2n) is 12.3. The van der Waals surface area contributed by atoms with Gasteiger partial charge in [-0.05, 0) is 58.2 Å². The molecule has 2 bridgehead atoms. The number of piperidine rings is 1. The fraction of sp³-hybridized carbons (Fsp3) is 0.441. The average Bonchev–Trinajstić information content (AvgIpc) is 3.61. The summed E-state index contributed by atoms with van der Waals surface area (Å²) in [5, 5.41) is 11.9. The number of tetrazole rings is 1. The lowest BCUT2D eigenvalue weighted by molar-refractivity contribution is -0.143. The van der Waals surface area contributed by atoms with Gasteiger partial charge in [0.1, 0.15) is 6.73 Å². The first-order chi connectivity index (χ1) is 23.4. The molecule has 15 heteroatoms. The molecule has 3 heterocycles. The highest BCUT2D eigenvalue weighted by Crippen LogP contribution is 2.61. The molecule has 1 aromatic heterocycles. The topological polar surface area (TPSA) is 74.5 Å². The molecule has 0 aliphatic carbocycles. The zero-order chi connectivity index (χ0) is 34.9. The van der Waals surface area contributed by atoms with E-state index in [9.17, 15) is 26.3 Å². The van der Waals surface area contributed by atoms with Crippen molar-refractivity contribution in [2.45, 2.75) is 74.9 Å². The minimum Gasteiger partial charge on any atom is -0.382 e. The number of methoxy groups -OCH3 is 1. The van der Waals surface area contributed by atoms with E-state index in [2.05, 4.69) is 15.5 Å². The van der Waals surface area contributed by atoms with Crippen LogP contribution in [-0.4, -0.2) is 57.6 Å². The monoisotopic (exact) mass is 693 g/mol. The van der Waals surface area contributed by atoms with Gasteiger partial charge in [0.2, 0.25) is 0 Å². The molecular weight excluding hydrogens is 659 g/mol. The van der Waals surface area contributed by atoms with Gasteiger partial charge in [-0.25, -0.2) is 9.07 Å². The van der Waals surface area contributed by atoms with Crippen LogP contribution in [0.5, 0.6) is 0 Å². The highest BCUT2D eigenvalue weighted by atomic mass is 19.4. The van der Waals surface area contributed by atoms with Gasteiger partial charge in [0.25, 0.3) is 0 Å². The van der Waals surface area contributed by atoms with Crippen molar-refractivity contribution in [2.75, 3.05) is 20.3 Å². The smallest absolute Gasteiger partial charge is 0.382 e. The van der Waals surface area contributed by atoms with Crippen LogP contribution < -0.4 is 0 Å². The number of alkyl halides is 7. The van der Waals surface area contributed by atoms with Crippen molar-refractivity contribution in [3.05, 3.63) is 113 Å². The second-order valence-corrected chi connectivity index (χ2v) is 12.3. The van der Waals surface area contributed by atoms with Crippen LogP contribution in [0.2, 0.25) is 0 Å². The minimum absolute atomic E-state index is 0.0564. The maximum Gasteiger partial charge on any atom is 0.416 e. The van der Waals surface area contributed by atoms with Crippen LogP contribution >= 0.6 is 0 Å². The summed E-state index contributed by atoms with van der Waals surface area (Å²) >= 11 is 0. The van der Waals surface area contributed by atoms with E-state index in [0.29, 0.717) is 24.3 Å². The van der Waals surface area contributed by atoms with E-state index in [1.54, 1.807) is 18.2 Å². The number of hydrogen-bond acceptors (Lipinski definition) is 7. The first-order valence-corrected chi connectivity index (χ1v) is 15.6. The number of hydrogen-bond donors (Lipinski definition) is 0. The molecule has 4 atom stereocenters. The molecule has 6 rings (SSSR count). The predicted octanol–water partition coefficient (Wildman–Crippen LogP) is 7.05. The van der Waals surface area contributed by atoms with Crippen molar-refractivity contribution < 1.29 is 44.9 Å². The lowest BCUT2D eigenvalue weighted by Gasteiger charge is -2.50. The molecule has 0 spiro atoms. The summed E-state index contributed by atoms with van der Waals surface area (Å²) < 4.78 is 118. The van der Waals surface area contributed by atoms with E-state index in [1.165, 1.54) is 11.8 Å². The lowest BCUT2D eigenvalue weighted by Crippen LogP contribution is -2.57. The molecule has 3 aromatic carbocycles. The third-order valence-corrected chi connectivity index (χ3v) is 9.30. The minimum atomic E-state index is -5.01. The van der Waals surface area contributed by atoms with Crippen molar-refractivity contribution in [1.82, 2.24) is 25.1 Å². The summed E-state index contributed by atoms with van der Waals surface area (Å²) in [5.41, 5.74) is -5.01. The Morgan fingerprint density at radius 1 is 0.837 bits per heavy atom. The van der Waals surface area contributed by atoms with E-state index in [4.69, 9.17) is 14.2 Å². The number of aromatic nitrogens is 4. The van der Waals surface area contributed by atoms with Crippen LogP contribution in [0.1, 0.15) is 52.9 Å². The molecule has 2 aliphatic rings. The molecule has 0 unspecified atom stereocenters. The summed E-state index contributed by atoms with van der Waals surface area (Å²) in [5.74, 6) is -0.0564. The number of halogens is 7. The van der Waals surface area contributed by atoms with Gasteiger partial charge in [-0.15, -0.1) is 5.10 Å². The Bertz CT molecular complexity index is 1670. The van der Waals surface area contributed by atoms with Gasteiger partial charge in [0.15, 0.2) is 11.5 Å². The number of ether oxygens (including phenoxy) is 3. The molecule has 2 aliphatic heterocycles. The fourth-order valence-corrected chi connectivity index (χ4v) is 7.21. The standard InChI is InChI=1S/C34H34F7N5O3/c1-47-14-15-48-22-46-30(42-43-44-46)31(35)21-32(25-10-6-3-7-11-25)29(13-12-28(31)45(32)19-23-8-4-2-5-9-23)49-20-24-16-26(33(36,37)38)18-27(17-24)34(39,40)41/h2-11,16-18,28-29H,12-15,19-22H2,1H3/t28-,29+,31-,32+/m0/s1. The Labute approximate surface area is 277 Å². The number of rotatable bonds is 12. The maximum absolute atomic E-state index is 18.1. The zero-order valence-corrected chi connectivity index (χ0v) is 26.4. The van der Waals surface area contributed by atoms with E-state index >= 15 is 4.39 Å². The summed E-state index contributed by atoms with van der Waals surface area (Å²) in [6.07, 6.45) is -10.6. The molecule has 2 fully saturated rings. The van der Waals surface area contributed by atoms with Crippen molar-refractivity contribution in [2.24, 2.45) is 0 Å². The number of benzene rings is 3. The van der Waals surface area contributed by atoms with Gasteiger partial charge in [-0.1, -0.05) is 60.7 Å². The summed E-state index contributed by atoms with van der Waals surface area (Å²) in [6.45, 7) is 0.0739. The largest absolute Gasteiger partial charge is 0.416 e. The van der Waals surface area contributed by atoms with Gasteiger partial charge >= 0.3 is 12.4 Å². The van der Waals surface area contributed by atoms with Crippen LogP contribution in [0.4, 0.5) is 30.7 Å². The molecule has 2 saturated heterocycles. The highest BCUT2D eigenvalue weighted by molar-refractivity contribution is 5.37. The summed E-state index contributed by atoms with van der Waals surface area (Å²) in [6, 6.07) is 19.0. The van der Waals surface area contributed by atoms with E-state index in [-0.39, 0.29) is 56.6 Å². The van der Waals surface area contributed by atoms with E-state index in [0.717, 1.165) is 5.56 Å². The van der Waals surface area contributed by atoms with Gasteiger partial charge in [0, 0.05) is 20.1 Å². The average molecular weight is 694 g/mol. The van der Waals surface area contributed by atoms with Gasteiger partial charge in [-0.3, -0.25) is 4.90 Å². The Hall–Kier alpha value is -3.92. The molecule has 0 amide bonds. The quantitative estimate of drug-likeness (QED) is 0.116.